The summed E-state index contributed by atoms with van der Waals surface area (Å²) in [5.74, 6) is -1.52. The van der Waals surface area contributed by atoms with E-state index < -0.39 is 33.7 Å². The average Bonchev–Trinajstić information content (AvgIpc) is 1.99. The summed E-state index contributed by atoms with van der Waals surface area (Å²) in [6.45, 7) is 0. The fourth-order valence-corrected chi connectivity index (χ4v) is 0.808. The van der Waals surface area contributed by atoms with Crippen molar-refractivity contribution in [1.82, 2.24) is 15.0 Å². The number of rotatable bonds is 3. The van der Waals surface area contributed by atoms with E-state index in [2.05, 4.69) is 15.0 Å². The molecule has 0 bridgehead atoms. The predicted octanol–water partition coefficient (Wildman–Crippen LogP) is -1.41. The van der Waals surface area contributed by atoms with E-state index in [1.54, 1.807) is 0 Å². The lowest BCUT2D eigenvalue weighted by Gasteiger charge is -2.01. The van der Waals surface area contributed by atoms with Gasteiger partial charge in [-0.2, -0.15) is 15.0 Å². The number of anilines is 2. The third-order valence-corrected chi connectivity index (χ3v) is 1.32. The first kappa shape index (κ1) is 10.5. The van der Waals surface area contributed by atoms with Gasteiger partial charge in [0, 0.05) is 0 Å². The first-order valence-corrected chi connectivity index (χ1v) is 3.45. The number of aromatic nitrogens is 3. The Morgan fingerprint density at radius 1 is 1.00 bits per heavy atom. The van der Waals surface area contributed by atoms with Crippen LogP contribution in [0, 0.1) is 20.2 Å². The number of hydrogen-bond donors (Lipinski definition) is 2. The average molecular weight is 215 g/mol. The van der Waals surface area contributed by atoms with Gasteiger partial charge in [-0.25, -0.2) is 0 Å². The topological polar surface area (TPSA) is 177 Å². The molecule has 0 aliphatic carbocycles. The summed E-state index contributed by atoms with van der Waals surface area (Å²) < 4.78 is 0. The number of nitrogens with zero attached hydrogens (tertiary/aromatic N) is 5. The molecule has 15 heavy (non-hydrogen) atoms. The fourth-order valence-electron chi connectivity index (χ4n) is 0.808. The largest absolute Gasteiger partial charge is 0.509 e. The molecular weight excluding hydrogens is 210 g/mol. The molecule has 0 unspecified atom stereocenters. The molecule has 0 saturated carbocycles. The van der Waals surface area contributed by atoms with Gasteiger partial charge in [-0.1, -0.05) is 0 Å². The van der Waals surface area contributed by atoms with Crippen molar-refractivity contribution in [3.8, 4) is 0 Å². The maximum Gasteiger partial charge on any atom is 0.509 e. The fraction of sp³-hybridized carbons (Fsp3) is 0.250. The second kappa shape index (κ2) is 3.65. The van der Waals surface area contributed by atoms with Crippen LogP contribution in [-0.4, -0.2) is 24.8 Å². The van der Waals surface area contributed by atoms with Crippen LogP contribution in [0.15, 0.2) is 0 Å². The van der Waals surface area contributed by atoms with Gasteiger partial charge in [0.25, 0.3) is 5.82 Å². The molecule has 1 heterocycles. The SMILES string of the molecule is Nc1nc(N)nc(C([N+](=O)[O-])[N+](=O)[O-])n1. The Kier molecular flexibility index (Phi) is 2.55. The smallest absolute Gasteiger partial charge is 0.368 e. The molecule has 1 rings (SSSR count). The molecule has 11 nitrogen and oxygen atoms in total. The molecular formula is C4H5N7O4. The van der Waals surface area contributed by atoms with Crippen molar-refractivity contribution in [2.24, 2.45) is 0 Å². The first-order chi connectivity index (χ1) is 6.91. The zero-order valence-corrected chi connectivity index (χ0v) is 7.10. The molecule has 0 aliphatic rings. The number of nitro groups is 2. The summed E-state index contributed by atoms with van der Waals surface area (Å²) in [5, 5.41) is 20.7. The molecule has 0 aromatic carbocycles. The van der Waals surface area contributed by atoms with E-state index in [1.807, 2.05) is 0 Å². The van der Waals surface area contributed by atoms with E-state index in [4.69, 9.17) is 11.5 Å². The highest BCUT2D eigenvalue weighted by atomic mass is 16.7. The molecule has 1 aromatic heterocycles. The van der Waals surface area contributed by atoms with Gasteiger partial charge in [0.2, 0.25) is 11.9 Å². The van der Waals surface area contributed by atoms with Crippen molar-refractivity contribution >= 4 is 11.9 Å². The molecule has 0 radical (unpaired) electrons. The van der Waals surface area contributed by atoms with Gasteiger partial charge in [-0.15, -0.1) is 0 Å². The number of hydrogen-bond acceptors (Lipinski definition) is 9. The summed E-state index contributed by atoms with van der Waals surface area (Å²) >= 11 is 0. The van der Waals surface area contributed by atoms with Gasteiger partial charge in [0.15, 0.2) is 0 Å². The normalized spacial score (nSPS) is 10.2. The van der Waals surface area contributed by atoms with Crippen LogP contribution in [0.4, 0.5) is 11.9 Å². The Morgan fingerprint density at radius 2 is 1.40 bits per heavy atom. The van der Waals surface area contributed by atoms with E-state index in [9.17, 15) is 20.2 Å². The van der Waals surface area contributed by atoms with Gasteiger partial charge in [0.1, 0.15) is 9.85 Å². The van der Waals surface area contributed by atoms with E-state index in [-0.39, 0.29) is 0 Å². The standard InChI is InChI=1S/C4H5N7O4/c5-3-7-1(8-4(6)9-3)2(10(12)13)11(14)15/h2H,(H4,5,6,7,8,9). The van der Waals surface area contributed by atoms with Crippen molar-refractivity contribution in [2.75, 3.05) is 11.5 Å². The first-order valence-electron chi connectivity index (χ1n) is 3.45. The Morgan fingerprint density at radius 3 is 1.73 bits per heavy atom. The van der Waals surface area contributed by atoms with Crippen LogP contribution in [0.5, 0.6) is 0 Å². The molecule has 1 aromatic rings. The second-order valence-corrected chi connectivity index (χ2v) is 2.35. The van der Waals surface area contributed by atoms with Crippen LogP contribution < -0.4 is 11.5 Å². The van der Waals surface area contributed by atoms with Crippen LogP contribution in [0.1, 0.15) is 12.0 Å². The zero-order valence-electron chi connectivity index (χ0n) is 7.10. The lowest BCUT2D eigenvalue weighted by Crippen LogP contribution is -2.23. The Balaban J connectivity index is 3.22. The van der Waals surface area contributed by atoms with Gasteiger partial charge >= 0.3 is 6.17 Å². The van der Waals surface area contributed by atoms with Gasteiger partial charge in [0.05, 0.1) is 0 Å². The van der Waals surface area contributed by atoms with Crippen molar-refractivity contribution in [3.05, 3.63) is 26.1 Å². The highest BCUT2D eigenvalue weighted by Gasteiger charge is 2.38. The highest BCUT2D eigenvalue weighted by Crippen LogP contribution is 2.13. The molecule has 0 spiro atoms. The quantitative estimate of drug-likeness (QED) is 0.348. The maximum absolute atomic E-state index is 10.3. The monoisotopic (exact) mass is 215 g/mol. The van der Waals surface area contributed by atoms with Crippen molar-refractivity contribution in [1.29, 1.82) is 0 Å². The van der Waals surface area contributed by atoms with Crippen molar-refractivity contribution < 1.29 is 9.85 Å². The highest BCUT2D eigenvalue weighted by molar-refractivity contribution is 5.25. The van der Waals surface area contributed by atoms with E-state index in [0.29, 0.717) is 0 Å². The van der Waals surface area contributed by atoms with E-state index >= 15 is 0 Å². The minimum atomic E-state index is -2.29. The summed E-state index contributed by atoms with van der Waals surface area (Å²) in [7, 11) is 0. The van der Waals surface area contributed by atoms with E-state index in [1.165, 1.54) is 0 Å². The Hall–Kier alpha value is -2.59. The summed E-state index contributed by atoms with van der Waals surface area (Å²) in [6, 6.07) is 0. The number of nitrogens with two attached hydrogens (primary N) is 2. The lowest BCUT2D eigenvalue weighted by atomic mass is 10.5. The summed E-state index contributed by atoms with van der Waals surface area (Å²) in [6.07, 6.45) is -2.29. The van der Waals surface area contributed by atoms with Crippen molar-refractivity contribution in [3.63, 3.8) is 0 Å². The molecule has 0 atom stereocenters. The molecule has 0 amide bonds. The Labute approximate surface area is 81.4 Å². The van der Waals surface area contributed by atoms with Gasteiger partial charge < -0.3 is 11.5 Å². The third kappa shape index (κ3) is 2.20. The minimum Gasteiger partial charge on any atom is -0.368 e. The van der Waals surface area contributed by atoms with Crippen LogP contribution >= 0.6 is 0 Å². The van der Waals surface area contributed by atoms with Crippen LogP contribution in [0.3, 0.4) is 0 Å². The molecule has 4 N–H and O–H groups in total. The van der Waals surface area contributed by atoms with Crippen LogP contribution in [0.2, 0.25) is 0 Å². The molecule has 0 fully saturated rings. The predicted molar refractivity (Wildman–Crippen MR) is 45.4 cm³/mol. The zero-order chi connectivity index (χ0) is 11.6. The van der Waals surface area contributed by atoms with E-state index in [0.717, 1.165) is 0 Å². The van der Waals surface area contributed by atoms with Gasteiger partial charge in [-0.05, 0) is 0 Å². The van der Waals surface area contributed by atoms with Crippen LogP contribution in [-0.2, 0) is 0 Å². The lowest BCUT2D eigenvalue weighted by molar-refractivity contribution is -0.754. The van der Waals surface area contributed by atoms with Crippen LogP contribution in [0.25, 0.3) is 0 Å². The third-order valence-electron chi connectivity index (χ3n) is 1.32. The Bertz CT molecular complexity index is 385. The maximum atomic E-state index is 10.3. The molecule has 11 heteroatoms. The van der Waals surface area contributed by atoms with Gasteiger partial charge in [-0.3, -0.25) is 20.2 Å². The summed E-state index contributed by atoms with van der Waals surface area (Å²) in [5.41, 5.74) is 10.2. The minimum absolute atomic E-state index is 0.411. The number of nitrogen functional groups attached to an aromatic ring is 2. The second-order valence-electron chi connectivity index (χ2n) is 2.35. The molecule has 80 valence electrons. The molecule has 0 aliphatic heterocycles. The summed E-state index contributed by atoms with van der Waals surface area (Å²) in [4.78, 5) is 28.2. The van der Waals surface area contributed by atoms with Crippen molar-refractivity contribution in [2.45, 2.75) is 6.17 Å². The molecule has 0 saturated heterocycles.